The van der Waals surface area contributed by atoms with Crippen molar-refractivity contribution in [3.63, 3.8) is 0 Å². The maximum absolute atomic E-state index is 11.9. The van der Waals surface area contributed by atoms with Crippen LogP contribution in [0.1, 0.15) is 28.9 Å². The molecule has 0 spiro atoms. The van der Waals surface area contributed by atoms with Crippen LogP contribution in [-0.2, 0) is 6.42 Å². The van der Waals surface area contributed by atoms with Gasteiger partial charge in [-0.05, 0) is 18.2 Å². The standard InChI is InChI=1S/C13H11NO/c15-12-7-3-6-11-13(12)10-5-2-1-4-9(10)8-14-11/h1-2,4-5,8H,3,6-7H2. The van der Waals surface area contributed by atoms with Crippen LogP contribution in [0.4, 0.5) is 0 Å². The maximum atomic E-state index is 11.9. The highest BCUT2D eigenvalue weighted by Gasteiger charge is 2.20. The number of carbonyl (C=O) groups excluding carboxylic acids is 1. The topological polar surface area (TPSA) is 30.0 Å². The number of rotatable bonds is 0. The van der Waals surface area contributed by atoms with Crippen LogP contribution in [0, 0.1) is 0 Å². The van der Waals surface area contributed by atoms with E-state index < -0.39 is 0 Å². The number of fused-ring (bicyclic) bond motifs is 3. The Balaban J connectivity index is 2.40. The third-order valence-corrected chi connectivity index (χ3v) is 2.97. The smallest absolute Gasteiger partial charge is 0.165 e. The summed E-state index contributed by atoms with van der Waals surface area (Å²) in [6.07, 6.45) is 4.42. The Morgan fingerprint density at radius 1 is 1.13 bits per heavy atom. The number of benzene rings is 1. The Morgan fingerprint density at radius 2 is 2.00 bits per heavy atom. The van der Waals surface area contributed by atoms with Crippen molar-refractivity contribution in [1.29, 1.82) is 0 Å². The molecule has 1 aliphatic carbocycles. The molecule has 0 unspecified atom stereocenters. The first kappa shape index (κ1) is 8.60. The first-order valence-corrected chi connectivity index (χ1v) is 5.26. The normalized spacial score (nSPS) is 15.3. The van der Waals surface area contributed by atoms with Gasteiger partial charge in [-0.15, -0.1) is 0 Å². The van der Waals surface area contributed by atoms with Gasteiger partial charge in [-0.2, -0.15) is 0 Å². The molecule has 0 aliphatic heterocycles. The molecule has 0 N–H and O–H groups in total. The lowest BCUT2D eigenvalue weighted by Crippen LogP contribution is -2.12. The molecule has 0 amide bonds. The molecular weight excluding hydrogens is 186 g/mol. The van der Waals surface area contributed by atoms with Crippen molar-refractivity contribution < 1.29 is 4.79 Å². The number of aromatic nitrogens is 1. The van der Waals surface area contributed by atoms with Crippen molar-refractivity contribution >= 4 is 16.6 Å². The van der Waals surface area contributed by atoms with Crippen LogP contribution in [0.2, 0.25) is 0 Å². The molecule has 74 valence electrons. The van der Waals surface area contributed by atoms with Crippen molar-refractivity contribution in [2.24, 2.45) is 0 Å². The molecule has 3 rings (SSSR count). The average molecular weight is 197 g/mol. The van der Waals surface area contributed by atoms with Crippen LogP contribution in [-0.4, -0.2) is 10.8 Å². The molecular formula is C13H11NO. The number of nitrogens with zero attached hydrogens (tertiary/aromatic N) is 1. The fourth-order valence-corrected chi connectivity index (χ4v) is 2.25. The van der Waals surface area contributed by atoms with E-state index in [9.17, 15) is 4.79 Å². The monoisotopic (exact) mass is 197 g/mol. The van der Waals surface area contributed by atoms with Crippen LogP contribution >= 0.6 is 0 Å². The molecule has 1 heterocycles. The van der Waals surface area contributed by atoms with Gasteiger partial charge in [-0.3, -0.25) is 9.78 Å². The fraction of sp³-hybridized carbons (Fsp3) is 0.231. The quantitative estimate of drug-likeness (QED) is 0.650. The van der Waals surface area contributed by atoms with Crippen LogP contribution in [0.5, 0.6) is 0 Å². The van der Waals surface area contributed by atoms with Crippen molar-refractivity contribution in [2.45, 2.75) is 19.3 Å². The van der Waals surface area contributed by atoms with Crippen LogP contribution < -0.4 is 0 Å². The van der Waals surface area contributed by atoms with E-state index in [-0.39, 0.29) is 5.78 Å². The SMILES string of the molecule is O=C1CCCc2ncc3ccccc3c21. The summed E-state index contributed by atoms with van der Waals surface area (Å²) in [6.45, 7) is 0. The molecule has 0 saturated heterocycles. The van der Waals surface area contributed by atoms with E-state index in [1.54, 1.807) is 0 Å². The molecule has 1 aromatic carbocycles. The first-order valence-electron chi connectivity index (χ1n) is 5.26. The number of hydrogen-bond donors (Lipinski definition) is 0. The zero-order chi connectivity index (χ0) is 10.3. The van der Waals surface area contributed by atoms with Gasteiger partial charge in [0.2, 0.25) is 0 Å². The highest BCUT2D eigenvalue weighted by molar-refractivity contribution is 6.09. The number of carbonyl (C=O) groups is 1. The van der Waals surface area contributed by atoms with Gasteiger partial charge in [-0.25, -0.2) is 0 Å². The summed E-state index contributed by atoms with van der Waals surface area (Å²) in [5, 5.41) is 2.12. The number of ketones is 1. The van der Waals surface area contributed by atoms with Crippen molar-refractivity contribution in [3.05, 3.63) is 41.7 Å². The Bertz CT molecular complexity index is 545. The molecule has 2 nitrogen and oxygen atoms in total. The minimum atomic E-state index is 0.251. The molecule has 2 heteroatoms. The Labute approximate surface area is 87.9 Å². The summed E-state index contributed by atoms with van der Waals surface area (Å²) >= 11 is 0. The molecule has 1 aromatic heterocycles. The van der Waals surface area contributed by atoms with Crippen molar-refractivity contribution in [2.75, 3.05) is 0 Å². The Kier molecular flexibility index (Phi) is 1.81. The highest BCUT2D eigenvalue weighted by Crippen LogP contribution is 2.26. The van der Waals surface area contributed by atoms with E-state index in [1.165, 1.54) is 0 Å². The van der Waals surface area contributed by atoms with E-state index in [1.807, 2.05) is 30.5 Å². The van der Waals surface area contributed by atoms with Gasteiger partial charge in [0.25, 0.3) is 0 Å². The van der Waals surface area contributed by atoms with Crippen molar-refractivity contribution in [3.8, 4) is 0 Å². The predicted molar refractivity (Wildman–Crippen MR) is 59.0 cm³/mol. The van der Waals surface area contributed by atoms with Gasteiger partial charge < -0.3 is 0 Å². The van der Waals surface area contributed by atoms with Gasteiger partial charge in [0.05, 0.1) is 5.69 Å². The number of Topliss-reactive ketones (excluding diaryl/α,β-unsaturated/α-hetero) is 1. The van der Waals surface area contributed by atoms with E-state index >= 15 is 0 Å². The van der Waals surface area contributed by atoms with Gasteiger partial charge in [-0.1, -0.05) is 24.3 Å². The number of aryl methyl sites for hydroxylation is 1. The Morgan fingerprint density at radius 3 is 2.93 bits per heavy atom. The van der Waals surface area contributed by atoms with Gasteiger partial charge in [0.1, 0.15) is 0 Å². The van der Waals surface area contributed by atoms with Crippen LogP contribution in [0.25, 0.3) is 10.8 Å². The first-order chi connectivity index (χ1) is 7.36. The lowest BCUT2D eigenvalue weighted by atomic mass is 9.91. The maximum Gasteiger partial charge on any atom is 0.165 e. The average Bonchev–Trinajstić information content (AvgIpc) is 2.29. The lowest BCUT2D eigenvalue weighted by Gasteiger charge is -2.15. The largest absolute Gasteiger partial charge is 0.294 e. The molecule has 0 radical (unpaired) electrons. The van der Waals surface area contributed by atoms with Gasteiger partial charge in [0.15, 0.2) is 5.78 Å². The summed E-state index contributed by atoms with van der Waals surface area (Å²) in [4.78, 5) is 16.2. The number of hydrogen-bond acceptors (Lipinski definition) is 2. The predicted octanol–water partition coefficient (Wildman–Crippen LogP) is 2.75. The summed E-state index contributed by atoms with van der Waals surface area (Å²) in [5.74, 6) is 0.251. The second-order valence-electron chi connectivity index (χ2n) is 3.94. The summed E-state index contributed by atoms with van der Waals surface area (Å²) in [6, 6.07) is 7.97. The number of pyridine rings is 1. The van der Waals surface area contributed by atoms with Crippen LogP contribution in [0.15, 0.2) is 30.5 Å². The molecule has 15 heavy (non-hydrogen) atoms. The summed E-state index contributed by atoms with van der Waals surface area (Å²) < 4.78 is 0. The minimum absolute atomic E-state index is 0.251. The molecule has 0 atom stereocenters. The summed E-state index contributed by atoms with van der Waals surface area (Å²) in [7, 11) is 0. The minimum Gasteiger partial charge on any atom is -0.294 e. The van der Waals surface area contributed by atoms with Gasteiger partial charge in [0, 0.05) is 23.6 Å². The van der Waals surface area contributed by atoms with Crippen molar-refractivity contribution in [1.82, 2.24) is 4.98 Å². The third kappa shape index (κ3) is 1.25. The van der Waals surface area contributed by atoms with Crippen LogP contribution in [0.3, 0.4) is 0 Å². The van der Waals surface area contributed by atoms with Gasteiger partial charge >= 0.3 is 0 Å². The lowest BCUT2D eigenvalue weighted by molar-refractivity contribution is 0.0973. The fourth-order valence-electron chi connectivity index (χ4n) is 2.25. The third-order valence-electron chi connectivity index (χ3n) is 2.97. The second kappa shape index (κ2) is 3.16. The molecule has 0 fully saturated rings. The Hall–Kier alpha value is -1.70. The van der Waals surface area contributed by atoms with E-state index in [0.717, 1.165) is 34.9 Å². The van der Waals surface area contributed by atoms with E-state index in [2.05, 4.69) is 4.98 Å². The zero-order valence-electron chi connectivity index (χ0n) is 8.36. The molecule has 1 aliphatic rings. The molecule has 0 saturated carbocycles. The molecule has 0 bridgehead atoms. The second-order valence-corrected chi connectivity index (χ2v) is 3.94. The highest BCUT2D eigenvalue weighted by atomic mass is 16.1. The van der Waals surface area contributed by atoms with E-state index in [4.69, 9.17) is 0 Å². The summed E-state index contributed by atoms with van der Waals surface area (Å²) in [5.41, 5.74) is 1.84. The molecule has 2 aromatic rings. The zero-order valence-corrected chi connectivity index (χ0v) is 8.36. The van der Waals surface area contributed by atoms with E-state index in [0.29, 0.717) is 6.42 Å².